The number of fused-ring (bicyclic) bond motifs is 1. The van der Waals surface area contributed by atoms with Gasteiger partial charge in [0.1, 0.15) is 0 Å². The van der Waals surface area contributed by atoms with Crippen molar-refractivity contribution >= 4 is 40.6 Å². The highest BCUT2D eigenvalue weighted by molar-refractivity contribution is 6.21. The number of pyridine rings is 1. The number of carbonyl (C=O) groups excluding carboxylic acids is 2. The molecule has 4 atom stereocenters. The van der Waals surface area contributed by atoms with Crippen molar-refractivity contribution in [2.24, 2.45) is 11.8 Å². The topological polar surface area (TPSA) is 123 Å². The molecular weight excluding hydrogens is 570 g/mol. The van der Waals surface area contributed by atoms with Crippen molar-refractivity contribution < 1.29 is 19.2 Å². The lowest BCUT2D eigenvalue weighted by atomic mass is 9.83. The van der Waals surface area contributed by atoms with Crippen LogP contribution >= 0.6 is 11.6 Å². The van der Waals surface area contributed by atoms with Gasteiger partial charge in [0.2, 0.25) is 11.9 Å². The van der Waals surface area contributed by atoms with E-state index in [1.807, 2.05) is 12.1 Å². The first-order valence-corrected chi connectivity index (χ1v) is 15.8. The third-order valence-corrected chi connectivity index (χ3v) is 9.69. The number of nitrogens with one attached hydrogen (secondary N) is 3. The molecule has 3 saturated heterocycles. The van der Waals surface area contributed by atoms with E-state index in [1.54, 1.807) is 0 Å². The van der Waals surface area contributed by atoms with Gasteiger partial charge < -0.3 is 24.4 Å². The average Bonchev–Trinajstić information content (AvgIpc) is 3.63. The third kappa shape index (κ3) is 5.65. The maximum atomic E-state index is 13.4. The lowest BCUT2D eigenvalue weighted by molar-refractivity contribution is -0.123. The summed E-state index contributed by atoms with van der Waals surface area (Å²) < 4.78 is 8.30. The number of alkyl halides is 1. The molecule has 0 bridgehead atoms. The number of piperidine rings is 1. The molecule has 4 fully saturated rings. The van der Waals surface area contributed by atoms with Crippen LogP contribution in [0.3, 0.4) is 0 Å². The highest BCUT2D eigenvalue weighted by Crippen LogP contribution is 2.39. The van der Waals surface area contributed by atoms with E-state index in [-0.39, 0.29) is 17.3 Å². The van der Waals surface area contributed by atoms with Gasteiger partial charge in [-0.3, -0.25) is 15.1 Å². The lowest BCUT2D eigenvalue weighted by Gasteiger charge is -2.37. The van der Waals surface area contributed by atoms with Crippen molar-refractivity contribution in [3.8, 4) is 0 Å². The van der Waals surface area contributed by atoms with E-state index in [0.29, 0.717) is 50.0 Å². The number of imidazole rings is 1. The van der Waals surface area contributed by atoms with Crippen LogP contribution in [-0.2, 0) is 20.9 Å². The Hall–Kier alpha value is -3.41. The highest BCUT2D eigenvalue weighted by Gasteiger charge is 2.37. The predicted molar refractivity (Wildman–Crippen MR) is 162 cm³/mol. The summed E-state index contributed by atoms with van der Waals surface area (Å²) in [6.07, 6.45) is 3.93. The number of nitrogens with zero attached hydrogens (tertiary/aromatic N) is 4. The van der Waals surface area contributed by atoms with Crippen molar-refractivity contribution in [1.29, 1.82) is 0 Å². The first-order valence-electron chi connectivity index (χ1n) is 15.4. The van der Waals surface area contributed by atoms with E-state index in [4.69, 9.17) is 31.1 Å². The number of halogens is 1. The van der Waals surface area contributed by atoms with Gasteiger partial charge in [-0.25, -0.2) is 9.78 Å². The quantitative estimate of drug-likeness (QED) is 0.355. The van der Waals surface area contributed by atoms with Gasteiger partial charge in [0, 0.05) is 19.6 Å². The average molecular weight is 608 g/mol. The number of hydroxylamine groups is 1. The van der Waals surface area contributed by atoms with Crippen molar-refractivity contribution in [2.45, 2.75) is 69.1 Å². The Morgan fingerprint density at radius 1 is 1.09 bits per heavy atom. The van der Waals surface area contributed by atoms with Crippen molar-refractivity contribution in [3.05, 3.63) is 53.3 Å². The van der Waals surface area contributed by atoms with E-state index < -0.39 is 18.2 Å². The standard InChI is InChI=1S/C31H38ClN7O4/c1-18-7-9-19(10-8-18)16-39-27-23(35-30(39)38-11-12-42-17-25(38)20-5-3-2-4-6-20)14-24(28-36-31(41)43-37-28)34-26(27)22-13-21(32)15-33-29(22)40/h2-6,14,18-19,21-22,25,28,37H,7-13,15-17H2,1H3,(H,33,40)(H,36,41)/t18?,19?,21?,22?,25-,28?/m0/s1. The zero-order valence-corrected chi connectivity index (χ0v) is 25.1. The van der Waals surface area contributed by atoms with Crippen molar-refractivity contribution in [1.82, 2.24) is 30.6 Å². The van der Waals surface area contributed by atoms with Gasteiger partial charge in [-0.1, -0.05) is 50.1 Å². The van der Waals surface area contributed by atoms with Crippen LogP contribution in [0.1, 0.15) is 74.1 Å². The molecule has 3 aromatic rings. The second-order valence-corrected chi connectivity index (χ2v) is 13.0. The van der Waals surface area contributed by atoms with Gasteiger partial charge in [0.05, 0.1) is 53.0 Å². The minimum Gasteiger partial charge on any atom is -0.377 e. The van der Waals surface area contributed by atoms with Crippen LogP contribution in [0.5, 0.6) is 0 Å². The number of amides is 2. The smallest absolute Gasteiger partial charge is 0.377 e. The van der Waals surface area contributed by atoms with Gasteiger partial charge in [0.15, 0.2) is 6.17 Å². The Morgan fingerprint density at radius 3 is 2.67 bits per heavy atom. The lowest BCUT2D eigenvalue weighted by Crippen LogP contribution is -2.42. The van der Waals surface area contributed by atoms with Crippen LogP contribution in [0.2, 0.25) is 0 Å². The van der Waals surface area contributed by atoms with E-state index in [9.17, 15) is 9.59 Å². The summed E-state index contributed by atoms with van der Waals surface area (Å²) in [5.41, 5.74) is 6.61. The monoisotopic (exact) mass is 607 g/mol. The number of carbonyl (C=O) groups is 2. The summed E-state index contributed by atoms with van der Waals surface area (Å²) in [7, 11) is 0. The summed E-state index contributed by atoms with van der Waals surface area (Å²) >= 11 is 6.61. The Morgan fingerprint density at radius 2 is 1.91 bits per heavy atom. The number of aromatic nitrogens is 3. The molecule has 4 aliphatic rings. The zero-order valence-electron chi connectivity index (χ0n) is 24.3. The Labute approximate surface area is 255 Å². The first-order chi connectivity index (χ1) is 20.9. The molecule has 5 heterocycles. The number of hydrogen-bond donors (Lipinski definition) is 3. The number of ether oxygens (including phenoxy) is 1. The fraction of sp³-hybridized carbons (Fsp3) is 0.548. The minimum absolute atomic E-state index is 0.0119. The minimum atomic E-state index is -0.664. The largest absolute Gasteiger partial charge is 0.427 e. The number of benzene rings is 1. The fourth-order valence-corrected chi connectivity index (χ4v) is 7.24. The summed E-state index contributed by atoms with van der Waals surface area (Å²) in [6.45, 7) is 5.37. The molecule has 228 valence electrons. The second-order valence-electron chi connectivity index (χ2n) is 12.4. The van der Waals surface area contributed by atoms with E-state index in [2.05, 4.69) is 56.8 Å². The maximum Gasteiger partial charge on any atom is 0.427 e. The van der Waals surface area contributed by atoms with Crippen molar-refractivity contribution in [3.63, 3.8) is 0 Å². The third-order valence-electron chi connectivity index (χ3n) is 9.36. The van der Waals surface area contributed by atoms with Crippen LogP contribution < -0.4 is 21.0 Å². The molecule has 1 aromatic carbocycles. The van der Waals surface area contributed by atoms with Gasteiger partial charge in [-0.05, 0) is 42.7 Å². The number of anilines is 1. The summed E-state index contributed by atoms with van der Waals surface area (Å²) in [4.78, 5) is 42.9. The molecule has 0 spiro atoms. The molecule has 2 aromatic heterocycles. The van der Waals surface area contributed by atoms with Crippen LogP contribution in [0, 0.1) is 11.8 Å². The number of morpholine rings is 1. The van der Waals surface area contributed by atoms with Crippen molar-refractivity contribution in [2.75, 3.05) is 31.2 Å². The summed E-state index contributed by atoms with van der Waals surface area (Å²) in [5.74, 6) is 1.42. The molecular formula is C31H38ClN7O4. The molecule has 2 amide bonds. The van der Waals surface area contributed by atoms with Gasteiger partial charge >= 0.3 is 6.09 Å². The Balaban J connectivity index is 1.41. The summed E-state index contributed by atoms with van der Waals surface area (Å²) in [6, 6.07) is 12.3. The normalized spacial score (nSPS) is 29.8. The Bertz CT molecular complexity index is 1490. The molecule has 0 radical (unpaired) electrons. The van der Waals surface area contributed by atoms with Crippen LogP contribution in [-0.4, -0.2) is 58.2 Å². The number of hydrogen-bond acceptors (Lipinski definition) is 8. The SMILES string of the molecule is CC1CCC(Cn2c(N3CCOC[C@H]3c3ccccc3)nc3cc(C4NOC(=O)N4)nc(C4CC(Cl)CNC4=O)c32)CC1. The summed E-state index contributed by atoms with van der Waals surface area (Å²) in [5, 5.41) is 5.50. The van der Waals surface area contributed by atoms with Gasteiger partial charge in [-0.2, -0.15) is 0 Å². The first kappa shape index (κ1) is 28.4. The number of rotatable bonds is 6. The van der Waals surface area contributed by atoms with Crippen LogP contribution in [0.4, 0.5) is 10.7 Å². The molecule has 1 aliphatic carbocycles. The zero-order chi connectivity index (χ0) is 29.5. The molecule has 43 heavy (non-hydrogen) atoms. The van der Waals surface area contributed by atoms with Gasteiger partial charge in [-0.15, -0.1) is 17.1 Å². The molecule has 3 N–H and O–H groups in total. The van der Waals surface area contributed by atoms with Gasteiger partial charge in [0.25, 0.3) is 0 Å². The molecule has 3 aliphatic heterocycles. The van der Waals surface area contributed by atoms with E-state index in [1.165, 1.54) is 12.8 Å². The molecule has 11 nitrogen and oxygen atoms in total. The Kier molecular flexibility index (Phi) is 7.87. The fourth-order valence-electron chi connectivity index (χ4n) is 6.98. The molecule has 3 unspecified atom stereocenters. The predicted octanol–water partition coefficient (Wildman–Crippen LogP) is 4.29. The van der Waals surface area contributed by atoms with Crippen LogP contribution in [0.15, 0.2) is 36.4 Å². The molecule has 12 heteroatoms. The second kappa shape index (κ2) is 11.9. The highest BCUT2D eigenvalue weighted by atomic mass is 35.5. The van der Waals surface area contributed by atoms with E-state index >= 15 is 0 Å². The maximum absolute atomic E-state index is 13.4. The van der Waals surface area contributed by atoms with E-state index in [0.717, 1.165) is 47.8 Å². The molecule has 1 saturated carbocycles. The van der Waals surface area contributed by atoms with Crippen LogP contribution in [0.25, 0.3) is 11.0 Å². The molecule has 7 rings (SSSR count).